The van der Waals surface area contributed by atoms with Crippen LogP contribution in [0.25, 0.3) is 16.0 Å². The third-order valence-corrected chi connectivity index (χ3v) is 8.44. The number of carbonyl (C=O) groups excluding carboxylic acids is 2. The zero-order valence-corrected chi connectivity index (χ0v) is 24.3. The number of aliphatic hydroxyl groups excluding tert-OH is 1. The molecule has 2 atom stereocenters. The fourth-order valence-electron chi connectivity index (χ4n) is 5.66. The Morgan fingerprint density at radius 1 is 1.12 bits per heavy atom. The molecule has 1 N–H and O–H groups in total. The lowest BCUT2D eigenvalue weighted by Crippen LogP contribution is -2.29. The van der Waals surface area contributed by atoms with Crippen molar-refractivity contribution in [3.05, 3.63) is 81.9 Å². The molecule has 2 aliphatic rings. The minimum absolute atomic E-state index is 0.0136. The van der Waals surface area contributed by atoms with Crippen LogP contribution in [0.5, 0.6) is 17.2 Å². The van der Waals surface area contributed by atoms with Crippen molar-refractivity contribution in [3.8, 4) is 17.2 Å². The van der Waals surface area contributed by atoms with Gasteiger partial charge in [0, 0.05) is 12.0 Å². The number of hydrogen-bond donors (Lipinski definition) is 1. The van der Waals surface area contributed by atoms with Crippen molar-refractivity contribution in [2.45, 2.75) is 46.3 Å². The van der Waals surface area contributed by atoms with E-state index in [-0.39, 0.29) is 17.4 Å². The Balaban J connectivity index is 1.56. The highest BCUT2D eigenvalue weighted by molar-refractivity contribution is 7.22. The lowest BCUT2D eigenvalue weighted by atomic mass is 9.94. The Bertz CT molecular complexity index is 1760. The first-order chi connectivity index (χ1) is 19.7. The lowest BCUT2D eigenvalue weighted by molar-refractivity contribution is -0.132. The van der Waals surface area contributed by atoms with Gasteiger partial charge in [-0.2, -0.15) is 0 Å². The smallest absolute Gasteiger partial charge is 0.301 e. The van der Waals surface area contributed by atoms with Crippen molar-refractivity contribution in [1.82, 2.24) is 4.98 Å². The number of benzene rings is 3. The van der Waals surface area contributed by atoms with Gasteiger partial charge in [-0.1, -0.05) is 23.5 Å². The van der Waals surface area contributed by atoms with Crippen molar-refractivity contribution < 1.29 is 28.9 Å². The first kappa shape index (κ1) is 26.8. The molecule has 1 amide bonds. The second kappa shape index (κ2) is 10.2. The molecule has 0 bridgehead atoms. The van der Waals surface area contributed by atoms with Gasteiger partial charge in [0.25, 0.3) is 5.78 Å². The van der Waals surface area contributed by atoms with E-state index < -0.39 is 17.7 Å². The van der Waals surface area contributed by atoms with Gasteiger partial charge in [0.15, 0.2) is 16.6 Å². The van der Waals surface area contributed by atoms with Gasteiger partial charge in [-0.15, -0.1) is 0 Å². The van der Waals surface area contributed by atoms with Crippen LogP contribution in [0.2, 0.25) is 0 Å². The summed E-state index contributed by atoms with van der Waals surface area (Å²) >= 11 is 1.34. The molecule has 8 nitrogen and oxygen atoms in total. The maximum absolute atomic E-state index is 13.7. The summed E-state index contributed by atoms with van der Waals surface area (Å²) in [6, 6.07) is 13.7. The van der Waals surface area contributed by atoms with Crippen molar-refractivity contribution in [2.24, 2.45) is 0 Å². The Kier molecular flexibility index (Phi) is 6.69. The van der Waals surface area contributed by atoms with E-state index in [0.717, 1.165) is 32.7 Å². The monoisotopic (exact) mass is 570 g/mol. The normalized spacial score (nSPS) is 19.5. The van der Waals surface area contributed by atoms with E-state index in [2.05, 4.69) is 0 Å². The summed E-state index contributed by atoms with van der Waals surface area (Å²) < 4.78 is 18.0. The number of ketones is 1. The van der Waals surface area contributed by atoms with Crippen LogP contribution < -0.4 is 19.1 Å². The molecule has 9 heteroatoms. The average Bonchev–Trinajstić information content (AvgIpc) is 3.61. The van der Waals surface area contributed by atoms with Crippen LogP contribution in [0.4, 0.5) is 5.13 Å². The molecule has 210 valence electrons. The fourth-order valence-corrected chi connectivity index (χ4v) is 6.83. The molecule has 1 fully saturated rings. The van der Waals surface area contributed by atoms with Gasteiger partial charge in [-0.3, -0.25) is 14.5 Å². The number of carbonyl (C=O) groups is 2. The summed E-state index contributed by atoms with van der Waals surface area (Å²) in [5.74, 6) is -0.0425. The Morgan fingerprint density at radius 3 is 2.68 bits per heavy atom. The topological polar surface area (TPSA) is 98.2 Å². The van der Waals surface area contributed by atoms with Crippen LogP contribution in [0, 0.1) is 13.8 Å². The summed E-state index contributed by atoms with van der Waals surface area (Å²) in [4.78, 5) is 33.7. The molecular weight excluding hydrogens is 540 g/mol. The molecule has 0 spiro atoms. The van der Waals surface area contributed by atoms with Crippen LogP contribution in [0.1, 0.15) is 47.7 Å². The number of aromatic nitrogens is 1. The number of methoxy groups -OCH3 is 1. The number of ether oxygens (including phenoxy) is 3. The van der Waals surface area contributed by atoms with E-state index in [1.807, 2.05) is 45.9 Å². The minimum Gasteiger partial charge on any atom is -0.507 e. The molecule has 0 unspecified atom stereocenters. The molecule has 3 heterocycles. The number of amides is 1. The van der Waals surface area contributed by atoms with Crippen LogP contribution in [-0.4, -0.2) is 41.6 Å². The Labute approximate surface area is 241 Å². The van der Waals surface area contributed by atoms with E-state index in [1.165, 1.54) is 23.3 Å². The van der Waals surface area contributed by atoms with Gasteiger partial charge in [-0.05, 0) is 86.3 Å². The number of nitrogens with zero attached hydrogens (tertiary/aromatic N) is 2. The van der Waals surface area contributed by atoms with Crippen molar-refractivity contribution >= 4 is 44.1 Å². The predicted octanol–water partition coefficient (Wildman–Crippen LogP) is 6.27. The highest BCUT2D eigenvalue weighted by atomic mass is 32.1. The van der Waals surface area contributed by atoms with Crippen LogP contribution in [0.3, 0.4) is 0 Å². The molecule has 4 aromatic rings. The number of aryl methyl sites for hydroxylation is 2. The third-order valence-electron chi connectivity index (χ3n) is 7.44. The van der Waals surface area contributed by atoms with Crippen molar-refractivity contribution in [1.29, 1.82) is 0 Å². The molecule has 1 saturated heterocycles. The Hall–Kier alpha value is -4.37. The quantitative estimate of drug-likeness (QED) is 0.166. The number of rotatable bonds is 6. The van der Waals surface area contributed by atoms with Crippen molar-refractivity contribution in [3.63, 3.8) is 0 Å². The van der Waals surface area contributed by atoms with E-state index >= 15 is 0 Å². The molecule has 0 radical (unpaired) electrons. The summed E-state index contributed by atoms with van der Waals surface area (Å²) in [7, 11) is 1.53. The maximum atomic E-state index is 13.7. The minimum atomic E-state index is -0.940. The third kappa shape index (κ3) is 4.50. The second-order valence-corrected chi connectivity index (χ2v) is 11.4. The van der Waals surface area contributed by atoms with Gasteiger partial charge < -0.3 is 19.3 Å². The number of aliphatic hydroxyl groups is 1. The van der Waals surface area contributed by atoms with Gasteiger partial charge >= 0.3 is 5.91 Å². The number of anilines is 1. The summed E-state index contributed by atoms with van der Waals surface area (Å²) in [5, 5.41) is 12.0. The standard InChI is InChI=1S/C32H30N2O6S/c1-6-39-23-10-7-19(15-24(23)38-5)28-26(29(35)20-8-9-22-21(14-20)13-18(4)40-22)30(36)31(37)34(28)32-33-27-17(3)11-16(2)12-25(27)41-32/h7-12,14-15,18,28,35H,6,13H2,1-5H3/b29-26+/t18-,28+/m0/s1. The van der Waals surface area contributed by atoms with E-state index in [4.69, 9.17) is 19.2 Å². The molecule has 1 aromatic heterocycles. The number of hydrogen-bond acceptors (Lipinski definition) is 8. The van der Waals surface area contributed by atoms with Gasteiger partial charge in [0.1, 0.15) is 17.6 Å². The summed E-state index contributed by atoms with van der Waals surface area (Å²) in [5.41, 5.74) is 4.78. The summed E-state index contributed by atoms with van der Waals surface area (Å²) in [6.07, 6.45) is 0.713. The molecular formula is C32H30N2O6S. The van der Waals surface area contributed by atoms with Crippen LogP contribution in [0.15, 0.2) is 54.1 Å². The van der Waals surface area contributed by atoms with E-state index in [0.29, 0.717) is 40.8 Å². The molecule has 3 aromatic carbocycles. The van der Waals surface area contributed by atoms with E-state index in [9.17, 15) is 14.7 Å². The maximum Gasteiger partial charge on any atom is 0.301 e. The van der Waals surface area contributed by atoms with Gasteiger partial charge in [-0.25, -0.2) is 4.98 Å². The van der Waals surface area contributed by atoms with Crippen LogP contribution >= 0.6 is 11.3 Å². The second-order valence-electron chi connectivity index (χ2n) is 10.4. The van der Waals surface area contributed by atoms with Gasteiger partial charge in [0.2, 0.25) is 0 Å². The van der Waals surface area contributed by atoms with Crippen LogP contribution in [-0.2, 0) is 16.0 Å². The predicted molar refractivity (Wildman–Crippen MR) is 158 cm³/mol. The molecule has 0 aliphatic carbocycles. The van der Waals surface area contributed by atoms with E-state index in [1.54, 1.807) is 30.3 Å². The molecule has 0 saturated carbocycles. The summed E-state index contributed by atoms with van der Waals surface area (Å²) in [6.45, 7) is 8.28. The Morgan fingerprint density at radius 2 is 1.93 bits per heavy atom. The molecule has 41 heavy (non-hydrogen) atoms. The zero-order valence-electron chi connectivity index (χ0n) is 23.5. The molecule has 2 aliphatic heterocycles. The lowest BCUT2D eigenvalue weighted by Gasteiger charge is -2.24. The van der Waals surface area contributed by atoms with Gasteiger partial charge in [0.05, 0.1) is 35.5 Å². The largest absolute Gasteiger partial charge is 0.507 e. The zero-order chi connectivity index (χ0) is 29.0. The number of Topliss-reactive ketones (excluding diaryl/α,β-unsaturated/α-hetero) is 1. The van der Waals surface area contributed by atoms with Crippen molar-refractivity contribution in [2.75, 3.05) is 18.6 Å². The molecule has 6 rings (SSSR count). The number of thiazole rings is 1. The highest BCUT2D eigenvalue weighted by Crippen LogP contribution is 2.46. The first-order valence-electron chi connectivity index (χ1n) is 13.5. The average molecular weight is 571 g/mol. The highest BCUT2D eigenvalue weighted by Gasteiger charge is 2.48. The first-order valence-corrected chi connectivity index (χ1v) is 14.3. The fraction of sp³-hybridized carbons (Fsp3) is 0.281. The number of fused-ring (bicyclic) bond motifs is 2. The SMILES string of the molecule is CCOc1ccc([C@@H]2/C(=C(\O)c3ccc4c(c3)C[C@H](C)O4)C(=O)C(=O)N2c2nc3c(C)cc(C)cc3s2)cc1OC.